The quantitative estimate of drug-likeness (QED) is 0.495. The Hall–Kier alpha value is -1.70. The number of nitrogens with one attached hydrogen (secondary N) is 2. The van der Waals surface area contributed by atoms with Gasteiger partial charge in [0.2, 0.25) is 0 Å². The van der Waals surface area contributed by atoms with Gasteiger partial charge in [-0.3, -0.25) is 14.1 Å². The second-order valence-corrected chi connectivity index (χ2v) is 10.0. The predicted octanol–water partition coefficient (Wildman–Crippen LogP) is 3.49. The van der Waals surface area contributed by atoms with Crippen LogP contribution in [-0.2, 0) is 10.8 Å². The second kappa shape index (κ2) is 11.5. The summed E-state index contributed by atoms with van der Waals surface area (Å²) in [5.74, 6) is 2.15. The zero-order chi connectivity index (χ0) is 20.5. The average Bonchev–Trinajstić information content (AvgIpc) is 3.29. The fourth-order valence-electron chi connectivity index (χ4n) is 3.60. The van der Waals surface area contributed by atoms with Crippen LogP contribution in [0.3, 0.4) is 0 Å². The van der Waals surface area contributed by atoms with E-state index in [1.165, 1.54) is 17.7 Å². The van der Waals surface area contributed by atoms with E-state index in [0.29, 0.717) is 18.3 Å². The van der Waals surface area contributed by atoms with Gasteiger partial charge in [-0.1, -0.05) is 31.2 Å². The predicted molar refractivity (Wildman–Crippen MR) is 124 cm³/mol. The van der Waals surface area contributed by atoms with E-state index in [4.69, 9.17) is 0 Å². The molecule has 5 nitrogen and oxygen atoms in total. The molecule has 0 spiro atoms. The molecule has 2 atom stereocenters. The van der Waals surface area contributed by atoms with E-state index in [9.17, 15) is 4.21 Å². The Morgan fingerprint density at radius 1 is 1.21 bits per heavy atom. The highest BCUT2D eigenvalue weighted by molar-refractivity contribution is 7.85. The number of rotatable bonds is 8. The molecule has 7 heteroatoms. The molecule has 0 saturated carbocycles. The molecule has 3 rings (SSSR count). The van der Waals surface area contributed by atoms with E-state index in [1.54, 1.807) is 7.05 Å². The van der Waals surface area contributed by atoms with Crippen molar-refractivity contribution in [2.24, 2.45) is 10.9 Å². The molecular formula is C22H32N4OS2. The van der Waals surface area contributed by atoms with Crippen LogP contribution in [0.25, 0.3) is 0 Å². The van der Waals surface area contributed by atoms with Gasteiger partial charge in [-0.25, -0.2) is 0 Å². The first-order valence-electron chi connectivity index (χ1n) is 10.3. The minimum absolute atomic E-state index is 0.361. The third kappa shape index (κ3) is 6.66. The number of benzene rings is 1. The topological polar surface area (TPSA) is 56.7 Å². The number of guanidine groups is 1. The van der Waals surface area contributed by atoms with Crippen molar-refractivity contribution >= 4 is 28.1 Å². The van der Waals surface area contributed by atoms with Gasteiger partial charge in [-0.15, -0.1) is 11.3 Å². The van der Waals surface area contributed by atoms with Crippen LogP contribution < -0.4 is 10.6 Å². The maximum Gasteiger partial charge on any atom is 0.191 e. The van der Waals surface area contributed by atoms with Crippen molar-refractivity contribution in [3.05, 3.63) is 52.7 Å². The van der Waals surface area contributed by atoms with Crippen molar-refractivity contribution in [1.82, 2.24) is 15.5 Å². The summed E-state index contributed by atoms with van der Waals surface area (Å²) in [5.41, 5.74) is 0. The van der Waals surface area contributed by atoms with E-state index in [0.717, 1.165) is 36.4 Å². The first kappa shape index (κ1) is 22.0. The normalized spacial score (nSPS) is 18.3. The summed E-state index contributed by atoms with van der Waals surface area (Å²) >= 11 is 1.82. The van der Waals surface area contributed by atoms with Crippen molar-refractivity contribution < 1.29 is 4.21 Å². The molecule has 1 aromatic heterocycles. The molecular weight excluding hydrogens is 400 g/mol. The number of piperidine rings is 1. The Morgan fingerprint density at radius 2 is 1.97 bits per heavy atom. The highest BCUT2D eigenvalue weighted by atomic mass is 32.2. The van der Waals surface area contributed by atoms with E-state index in [2.05, 4.69) is 45.0 Å². The van der Waals surface area contributed by atoms with Crippen LogP contribution in [0.2, 0.25) is 0 Å². The summed E-state index contributed by atoms with van der Waals surface area (Å²) in [4.78, 5) is 9.21. The van der Waals surface area contributed by atoms with Gasteiger partial charge in [0.05, 0.1) is 16.8 Å². The zero-order valence-corrected chi connectivity index (χ0v) is 19.0. The van der Waals surface area contributed by atoms with Crippen molar-refractivity contribution in [1.29, 1.82) is 0 Å². The Bertz CT molecular complexity index is 771. The fraction of sp³-hybridized carbons (Fsp3) is 0.500. The van der Waals surface area contributed by atoms with Crippen LogP contribution in [0, 0.1) is 5.92 Å². The average molecular weight is 433 g/mol. The third-order valence-corrected chi connectivity index (χ3v) is 7.75. The van der Waals surface area contributed by atoms with Crippen LogP contribution in [0.1, 0.15) is 30.7 Å². The summed E-state index contributed by atoms with van der Waals surface area (Å²) in [5, 5.41) is 8.95. The standard InChI is InChI=1S/C22H32N4OS2/c1-18-10-13-26(14-11-18)20(21-9-6-15-28-21)17-25-22(23-2)24-12-16-29(27)19-7-4-3-5-8-19/h3-9,15,18,20H,10-14,16-17H2,1-2H3,(H2,23,24,25). The number of aliphatic imine (C=N–C) groups is 1. The lowest BCUT2D eigenvalue weighted by Crippen LogP contribution is -2.45. The van der Waals surface area contributed by atoms with E-state index in [-0.39, 0.29) is 0 Å². The van der Waals surface area contributed by atoms with Gasteiger partial charge in [0.1, 0.15) is 0 Å². The lowest BCUT2D eigenvalue weighted by atomic mass is 9.97. The van der Waals surface area contributed by atoms with E-state index < -0.39 is 10.8 Å². The minimum Gasteiger partial charge on any atom is -0.355 e. The molecule has 1 fully saturated rings. The van der Waals surface area contributed by atoms with Crippen molar-refractivity contribution in [2.45, 2.75) is 30.7 Å². The Kier molecular flexibility index (Phi) is 8.70. The maximum absolute atomic E-state index is 12.4. The summed E-state index contributed by atoms with van der Waals surface area (Å²) in [6.45, 7) is 6.07. The molecule has 1 aliphatic rings. The van der Waals surface area contributed by atoms with Gasteiger partial charge >= 0.3 is 0 Å². The molecule has 0 amide bonds. The molecule has 29 heavy (non-hydrogen) atoms. The number of hydrogen-bond donors (Lipinski definition) is 2. The number of nitrogens with zero attached hydrogens (tertiary/aromatic N) is 2. The van der Waals surface area contributed by atoms with Gasteiger partial charge in [-0.2, -0.15) is 0 Å². The summed E-state index contributed by atoms with van der Waals surface area (Å²) in [6.07, 6.45) is 2.53. The number of thiophene rings is 1. The van der Waals surface area contributed by atoms with Gasteiger partial charge < -0.3 is 10.6 Å². The van der Waals surface area contributed by atoms with Crippen LogP contribution in [0.5, 0.6) is 0 Å². The molecule has 158 valence electrons. The summed E-state index contributed by atoms with van der Waals surface area (Å²) in [6, 6.07) is 14.3. The Labute approximate surface area is 181 Å². The highest BCUT2D eigenvalue weighted by Gasteiger charge is 2.25. The number of hydrogen-bond acceptors (Lipinski definition) is 4. The molecule has 1 aromatic carbocycles. The van der Waals surface area contributed by atoms with Crippen molar-refractivity contribution in [3.63, 3.8) is 0 Å². The van der Waals surface area contributed by atoms with E-state index in [1.807, 2.05) is 41.7 Å². The Morgan fingerprint density at radius 3 is 2.62 bits per heavy atom. The zero-order valence-electron chi connectivity index (χ0n) is 17.3. The first-order chi connectivity index (χ1) is 14.2. The summed E-state index contributed by atoms with van der Waals surface area (Å²) in [7, 11) is 0.786. The van der Waals surface area contributed by atoms with Crippen molar-refractivity contribution in [3.8, 4) is 0 Å². The minimum atomic E-state index is -0.998. The lowest BCUT2D eigenvalue weighted by molar-refractivity contribution is 0.140. The molecule has 1 aliphatic heterocycles. The fourth-order valence-corrected chi connectivity index (χ4v) is 5.44. The van der Waals surface area contributed by atoms with Crippen LogP contribution >= 0.6 is 11.3 Å². The SMILES string of the molecule is CN=C(NCCS(=O)c1ccccc1)NCC(c1cccs1)N1CCC(C)CC1. The molecule has 2 N–H and O–H groups in total. The largest absolute Gasteiger partial charge is 0.355 e. The summed E-state index contributed by atoms with van der Waals surface area (Å²) < 4.78 is 12.4. The van der Waals surface area contributed by atoms with Gasteiger partial charge in [0, 0.05) is 35.7 Å². The first-order valence-corrected chi connectivity index (χ1v) is 12.5. The smallest absolute Gasteiger partial charge is 0.191 e. The van der Waals surface area contributed by atoms with Gasteiger partial charge in [-0.05, 0) is 55.4 Å². The van der Waals surface area contributed by atoms with Gasteiger partial charge in [0.25, 0.3) is 0 Å². The molecule has 0 aliphatic carbocycles. The second-order valence-electron chi connectivity index (χ2n) is 7.49. The lowest BCUT2D eigenvalue weighted by Gasteiger charge is -2.36. The molecule has 0 bridgehead atoms. The van der Waals surface area contributed by atoms with Crippen molar-refractivity contribution in [2.75, 3.05) is 39.0 Å². The molecule has 0 radical (unpaired) electrons. The molecule has 2 unspecified atom stereocenters. The molecule has 2 aromatic rings. The van der Waals surface area contributed by atoms with Crippen LogP contribution in [-0.4, -0.2) is 54.0 Å². The number of likely N-dealkylation sites (tertiary alicyclic amines) is 1. The third-order valence-electron chi connectivity index (χ3n) is 5.40. The molecule has 2 heterocycles. The Balaban J connectivity index is 1.50. The monoisotopic (exact) mass is 432 g/mol. The maximum atomic E-state index is 12.4. The molecule has 1 saturated heterocycles. The van der Waals surface area contributed by atoms with Gasteiger partial charge in [0.15, 0.2) is 5.96 Å². The highest BCUT2D eigenvalue weighted by Crippen LogP contribution is 2.29. The van der Waals surface area contributed by atoms with Crippen LogP contribution in [0.4, 0.5) is 0 Å². The van der Waals surface area contributed by atoms with E-state index >= 15 is 0 Å². The van der Waals surface area contributed by atoms with Crippen LogP contribution in [0.15, 0.2) is 57.7 Å².